The number of sulfonamides is 1. The lowest BCUT2D eigenvalue weighted by Gasteiger charge is -2.31. The Morgan fingerprint density at radius 2 is 1.74 bits per heavy atom. The van der Waals surface area contributed by atoms with Crippen LogP contribution in [0.2, 0.25) is 0 Å². The Labute approximate surface area is 199 Å². The fourth-order valence-electron chi connectivity index (χ4n) is 4.22. The monoisotopic (exact) mass is 496 g/mol. The predicted octanol–water partition coefficient (Wildman–Crippen LogP) is 0.772. The maximum Gasteiger partial charge on any atom is 0.325 e. The van der Waals surface area contributed by atoms with Gasteiger partial charge in [-0.3, -0.25) is 14.4 Å². The van der Waals surface area contributed by atoms with Crippen LogP contribution in [0.5, 0.6) is 0 Å². The number of aliphatic hydroxyl groups excluding tert-OH is 1. The maximum absolute atomic E-state index is 13.2. The number of benzene rings is 1. The van der Waals surface area contributed by atoms with Crippen LogP contribution in [-0.2, 0) is 33.9 Å². The van der Waals surface area contributed by atoms with Gasteiger partial charge in [-0.15, -0.1) is 0 Å². The summed E-state index contributed by atoms with van der Waals surface area (Å²) >= 11 is 0. The van der Waals surface area contributed by atoms with Crippen molar-refractivity contribution in [3.05, 3.63) is 29.3 Å². The highest BCUT2D eigenvalue weighted by Gasteiger charge is 2.44. The smallest absolute Gasteiger partial charge is 0.325 e. The second-order valence-electron chi connectivity index (χ2n) is 8.74. The molecule has 1 amide bonds. The van der Waals surface area contributed by atoms with Gasteiger partial charge in [0.1, 0.15) is 6.04 Å². The van der Waals surface area contributed by atoms with E-state index >= 15 is 0 Å². The number of nitrogens with zero attached hydrogens (tertiary/aromatic N) is 2. The average Bonchev–Trinajstić information content (AvgIpc) is 3.22. The van der Waals surface area contributed by atoms with Gasteiger partial charge in [-0.1, -0.05) is 6.07 Å². The van der Waals surface area contributed by atoms with Crippen LogP contribution in [0.15, 0.2) is 23.1 Å². The molecule has 11 heteroatoms. The number of carbonyl (C=O) groups is 3. The number of amides is 1. The number of hydrogen-bond acceptors (Lipinski definition) is 8. The number of esters is 2. The summed E-state index contributed by atoms with van der Waals surface area (Å²) in [5.74, 6) is -1.82. The van der Waals surface area contributed by atoms with Crippen LogP contribution in [0.25, 0.3) is 0 Å². The van der Waals surface area contributed by atoms with E-state index in [2.05, 4.69) is 0 Å². The van der Waals surface area contributed by atoms with E-state index in [1.165, 1.54) is 17.0 Å². The van der Waals surface area contributed by atoms with E-state index in [4.69, 9.17) is 9.47 Å². The van der Waals surface area contributed by atoms with E-state index in [1.54, 1.807) is 19.9 Å². The molecule has 2 aliphatic rings. The Kier molecular flexibility index (Phi) is 8.32. The lowest BCUT2D eigenvalue weighted by Crippen LogP contribution is -2.44. The van der Waals surface area contributed by atoms with Gasteiger partial charge in [0.2, 0.25) is 10.0 Å². The molecule has 0 aliphatic carbocycles. The van der Waals surface area contributed by atoms with Crippen molar-refractivity contribution in [1.82, 2.24) is 9.21 Å². The van der Waals surface area contributed by atoms with E-state index in [0.29, 0.717) is 32.5 Å². The molecule has 1 N–H and O–H groups in total. The molecule has 2 aliphatic heterocycles. The largest absolute Gasteiger partial charge is 0.466 e. The molecule has 2 saturated heterocycles. The summed E-state index contributed by atoms with van der Waals surface area (Å²) in [4.78, 5) is 38.6. The Morgan fingerprint density at radius 3 is 2.35 bits per heavy atom. The summed E-state index contributed by atoms with van der Waals surface area (Å²) in [6.45, 7) is 5.62. The van der Waals surface area contributed by atoms with E-state index < -0.39 is 40.7 Å². The van der Waals surface area contributed by atoms with Gasteiger partial charge in [0.15, 0.2) is 6.61 Å². The Hall–Kier alpha value is -2.50. The van der Waals surface area contributed by atoms with Crippen molar-refractivity contribution in [1.29, 1.82) is 0 Å². The van der Waals surface area contributed by atoms with Gasteiger partial charge >= 0.3 is 11.9 Å². The van der Waals surface area contributed by atoms with Gasteiger partial charge < -0.3 is 19.5 Å². The first kappa shape index (κ1) is 26.1. The second-order valence-corrected chi connectivity index (χ2v) is 10.6. The number of likely N-dealkylation sites (tertiary alicyclic amines) is 1. The van der Waals surface area contributed by atoms with Crippen molar-refractivity contribution in [3.63, 3.8) is 0 Å². The first-order valence-electron chi connectivity index (χ1n) is 11.4. The third-order valence-electron chi connectivity index (χ3n) is 6.40. The van der Waals surface area contributed by atoms with Gasteiger partial charge in [-0.05, 0) is 56.9 Å². The van der Waals surface area contributed by atoms with E-state index in [9.17, 15) is 27.9 Å². The zero-order valence-corrected chi connectivity index (χ0v) is 20.5. The van der Waals surface area contributed by atoms with Crippen LogP contribution in [0.4, 0.5) is 0 Å². The van der Waals surface area contributed by atoms with Gasteiger partial charge in [0.25, 0.3) is 5.91 Å². The summed E-state index contributed by atoms with van der Waals surface area (Å²) in [5, 5.41) is 10.1. The SMILES string of the molecule is CCOC(=O)C1CCN(C(=O)COC(=O)[C@@H]2CC(O)CN2S(=O)(=O)c2ccc(C)c(C)c2)CC1. The minimum Gasteiger partial charge on any atom is -0.466 e. The van der Waals surface area contributed by atoms with E-state index in [0.717, 1.165) is 15.4 Å². The standard InChI is InChI=1S/C23H32N2O8S/c1-4-32-22(28)17-7-9-24(10-8-17)21(27)14-33-23(29)20-12-18(26)13-25(20)34(30,31)19-6-5-15(2)16(3)11-19/h5-6,11,17-18,20,26H,4,7-10,12-14H2,1-3H3/t18?,20-/m0/s1. The molecular weight excluding hydrogens is 464 g/mol. The fraction of sp³-hybridized carbons (Fsp3) is 0.609. The topological polar surface area (TPSA) is 131 Å². The lowest BCUT2D eigenvalue weighted by molar-refractivity contribution is -0.156. The van der Waals surface area contributed by atoms with Crippen LogP contribution >= 0.6 is 0 Å². The molecule has 1 aromatic rings. The van der Waals surface area contributed by atoms with Gasteiger partial charge in [0.05, 0.1) is 23.5 Å². The fourth-order valence-corrected chi connectivity index (χ4v) is 5.93. The quantitative estimate of drug-likeness (QED) is 0.548. The van der Waals surface area contributed by atoms with Gasteiger partial charge in [-0.25, -0.2) is 8.42 Å². The molecule has 2 atom stereocenters. The molecule has 0 radical (unpaired) electrons. The molecule has 34 heavy (non-hydrogen) atoms. The van der Waals surface area contributed by atoms with Gasteiger partial charge in [0, 0.05) is 26.1 Å². The Bertz CT molecular complexity index is 1030. The van der Waals surface area contributed by atoms with Crippen LogP contribution < -0.4 is 0 Å². The highest BCUT2D eigenvalue weighted by Crippen LogP contribution is 2.28. The van der Waals surface area contributed by atoms with Crippen molar-refractivity contribution in [2.75, 3.05) is 32.8 Å². The summed E-state index contributed by atoms with van der Waals surface area (Å²) < 4.78 is 37.5. The van der Waals surface area contributed by atoms with Crippen LogP contribution in [0, 0.1) is 19.8 Å². The highest BCUT2D eigenvalue weighted by atomic mass is 32.2. The average molecular weight is 497 g/mol. The summed E-state index contributed by atoms with van der Waals surface area (Å²) in [5.41, 5.74) is 1.72. The van der Waals surface area contributed by atoms with Crippen LogP contribution in [-0.4, -0.2) is 85.6 Å². The molecule has 10 nitrogen and oxygen atoms in total. The lowest BCUT2D eigenvalue weighted by atomic mass is 9.97. The van der Waals surface area contributed by atoms with Crippen molar-refractivity contribution in [2.24, 2.45) is 5.92 Å². The number of rotatable bonds is 7. The normalized spacial score (nSPS) is 21.9. The van der Waals surface area contributed by atoms with E-state index in [1.807, 2.05) is 6.92 Å². The number of β-amino-alcohol motifs (C(OH)–C–C–N with tert-alkyl or cyclic N) is 1. The first-order chi connectivity index (χ1) is 16.0. The molecule has 2 fully saturated rings. The van der Waals surface area contributed by atoms with Crippen LogP contribution in [0.3, 0.4) is 0 Å². The summed E-state index contributed by atoms with van der Waals surface area (Å²) in [6, 6.07) is 3.46. The third-order valence-corrected chi connectivity index (χ3v) is 8.27. The van der Waals surface area contributed by atoms with Crippen molar-refractivity contribution in [2.45, 2.75) is 57.1 Å². The highest BCUT2D eigenvalue weighted by molar-refractivity contribution is 7.89. The number of ether oxygens (including phenoxy) is 2. The molecule has 0 bridgehead atoms. The zero-order chi connectivity index (χ0) is 25.0. The molecule has 1 aromatic carbocycles. The molecule has 2 heterocycles. The van der Waals surface area contributed by atoms with Crippen molar-refractivity contribution >= 4 is 27.9 Å². The number of hydrogen-bond donors (Lipinski definition) is 1. The predicted molar refractivity (Wildman–Crippen MR) is 121 cm³/mol. The molecular formula is C23H32N2O8S. The van der Waals surface area contributed by atoms with E-state index in [-0.39, 0.29) is 29.7 Å². The number of piperidine rings is 1. The maximum atomic E-state index is 13.2. The first-order valence-corrected chi connectivity index (χ1v) is 12.9. The zero-order valence-electron chi connectivity index (χ0n) is 19.7. The third kappa shape index (κ3) is 5.76. The van der Waals surface area contributed by atoms with Crippen molar-refractivity contribution < 1.29 is 37.4 Å². The molecule has 0 saturated carbocycles. The Balaban J connectivity index is 1.60. The van der Waals surface area contributed by atoms with Crippen LogP contribution in [0.1, 0.15) is 37.3 Å². The Morgan fingerprint density at radius 1 is 1.06 bits per heavy atom. The van der Waals surface area contributed by atoms with Crippen molar-refractivity contribution in [3.8, 4) is 0 Å². The summed E-state index contributed by atoms with van der Waals surface area (Å²) in [7, 11) is -4.05. The molecule has 1 unspecified atom stereocenters. The number of carbonyl (C=O) groups excluding carboxylic acids is 3. The minimum absolute atomic E-state index is 0.0306. The second kappa shape index (κ2) is 10.8. The molecule has 0 aromatic heterocycles. The molecule has 188 valence electrons. The summed E-state index contributed by atoms with van der Waals surface area (Å²) in [6.07, 6.45) is -0.191. The molecule has 0 spiro atoms. The van der Waals surface area contributed by atoms with Gasteiger partial charge in [-0.2, -0.15) is 4.31 Å². The molecule has 3 rings (SSSR count). The number of aliphatic hydroxyl groups is 1. The minimum atomic E-state index is -4.05. The number of aryl methyl sites for hydroxylation is 2.